The number of aryl methyl sites for hydroxylation is 2. The molecule has 1 aliphatic heterocycles. The van der Waals surface area contributed by atoms with Crippen molar-refractivity contribution in [2.24, 2.45) is 5.92 Å². The molecule has 0 saturated carbocycles. The quantitative estimate of drug-likeness (QED) is 0.601. The lowest BCUT2D eigenvalue weighted by molar-refractivity contribution is -0.125. The summed E-state index contributed by atoms with van der Waals surface area (Å²) in [6.07, 6.45) is 1.88. The third-order valence-electron chi connectivity index (χ3n) is 5.34. The lowest BCUT2D eigenvalue weighted by Crippen LogP contribution is -2.43. The molecule has 1 fully saturated rings. The molecule has 0 aliphatic carbocycles. The Balaban J connectivity index is 1.41. The number of halogens is 1. The Kier molecular flexibility index (Phi) is 6.01. The summed E-state index contributed by atoms with van der Waals surface area (Å²) in [4.78, 5) is 14.9. The molecule has 1 aliphatic rings. The molecule has 0 radical (unpaired) electrons. The molecule has 29 heavy (non-hydrogen) atoms. The maximum Gasteiger partial charge on any atom is 0.225 e. The van der Waals surface area contributed by atoms with E-state index in [1.54, 1.807) is 11.3 Å². The van der Waals surface area contributed by atoms with Gasteiger partial charge in [0.15, 0.2) is 0 Å². The second-order valence-corrected chi connectivity index (χ2v) is 9.20. The normalized spacial score (nSPS) is 16.8. The standard InChI is InChI=1S/C21H24BrN5OS/c1-14-9-10-15(2)27(14)21-25-24-20(29-21)26-11-5-7-17(13-26)19(28)23-12-16-6-3-4-8-18(16)22/h3-4,6,8-10,17H,5,7,11-13H2,1-2H3,(H,23,28)/t17-/m1/s1. The van der Waals surface area contributed by atoms with Gasteiger partial charge in [0.05, 0.1) is 5.92 Å². The zero-order valence-corrected chi connectivity index (χ0v) is 19.0. The van der Waals surface area contributed by atoms with Gasteiger partial charge >= 0.3 is 0 Å². The van der Waals surface area contributed by atoms with E-state index < -0.39 is 0 Å². The summed E-state index contributed by atoms with van der Waals surface area (Å²) in [6.45, 7) is 6.26. The van der Waals surface area contributed by atoms with Crippen molar-refractivity contribution in [3.05, 3.63) is 57.8 Å². The van der Waals surface area contributed by atoms with Crippen LogP contribution in [-0.2, 0) is 11.3 Å². The number of nitrogens with zero attached hydrogens (tertiary/aromatic N) is 4. The van der Waals surface area contributed by atoms with Crippen LogP contribution in [-0.4, -0.2) is 33.8 Å². The van der Waals surface area contributed by atoms with Crippen LogP contribution in [0.4, 0.5) is 5.13 Å². The number of amides is 1. The summed E-state index contributed by atoms with van der Waals surface area (Å²) in [5, 5.41) is 13.7. The molecular weight excluding hydrogens is 450 g/mol. The fourth-order valence-corrected chi connectivity index (χ4v) is 5.16. The molecular formula is C21H24BrN5OS. The predicted molar refractivity (Wildman–Crippen MR) is 120 cm³/mol. The molecule has 1 amide bonds. The van der Waals surface area contributed by atoms with Crippen molar-refractivity contribution in [3.8, 4) is 5.13 Å². The van der Waals surface area contributed by atoms with Crippen molar-refractivity contribution in [3.63, 3.8) is 0 Å². The summed E-state index contributed by atoms with van der Waals surface area (Å²) in [7, 11) is 0. The van der Waals surface area contributed by atoms with Crippen LogP contribution in [0.25, 0.3) is 5.13 Å². The Morgan fingerprint density at radius 2 is 1.90 bits per heavy atom. The summed E-state index contributed by atoms with van der Waals surface area (Å²) < 4.78 is 3.13. The highest BCUT2D eigenvalue weighted by molar-refractivity contribution is 9.10. The van der Waals surface area contributed by atoms with Crippen LogP contribution < -0.4 is 10.2 Å². The molecule has 3 heterocycles. The van der Waals surface area contributed by atoms with Gasteiger partial charge in [-0.05, 0) is 50.5 Å². The van der Waals surface area contributed by atoms with Gasteiger partial charge in [0.1, 0.15) is 0 Å². The van der Waals surface area contributed by atoms with E-state index in [1.165, 1.54) is 0 Å². The lowest BCUT2D eigenvalue weighted by atomic mass is 9.97. The molecule has 8 heteroatoms. The van der Waals surface area contributed by atoms with Crippen LogP contribution in [0.2, 0.25) is 0 Å². The number of rotatable bonds is 5. The van der Waals surface area contributed by atoms with Crippen molar-refractivity contribution >= 4 is 38.3 Å². The number of carbonyl (C=O) groups excluding carboxylic acids is 1. The fourth-order valence-electron chi connectivity index (χ4n) is 3.73. The van der Waals surface area contributed by atoms with Crippen molar-refractivity contribution in [2.45, 2.75) is 33.2 Å². The maximum absolute atomic E-state index is 12.8. The van der Waals surface area contributed by atoms with E-state index in [1.807, 2.05) is 24.3 Å². The topological polar surface area (TPSA) is 63.1 Å². The van der Waals surface area contributed by atoms with E-state index in [2.05, 4.69) is 66.9 Å². The van der Waals surface area contributed by atoms with Crippen LogP contribution in [0.15, 0.2) is 40.9 Å². The van der Waals surface area contributed by atoms with Gasteiger partial charge in [-0.25, -0.2) is 0 Å². The van der Waals surface area contributed by atoms with Crippen molar-refractivity contribution in [1.29, 1.82) is 0 Å². The number of aromatic nitrogens is 3. The first-order chi connectivity index (χ1) is 14.0. The average molecular weight is 474 g/mol. The zero-order valence-electron chi connectivity index (χ0n) is 16.6. The number of hydrogen-bond donors (Lipinski definition) is 1. The molecule has 4 rings (SSSR count). The van der Waals surface area contributed by atoms with E-state index in [0.29, 0.717) is 13.1 Å². The van der Waals surface area contributed by atoms with Gasteiger partial charge in [-0.1, -0.05) is 45.5 Å². The molecule has 0 spiro atoms. The molecule has 1 aromatic carbocycles. The van der Waals surface area contributed by atoms with Gasteiger partial charge in [0.2, 0.25) is 16.2 Å². The molecule has 1 atom stereocenters. The minimum atomic E-state index is -0.0337. The number of piperidine rings is 1. The van der Waals surface area contributed by atoms with Crippen LogP contribution in [0.5, 0.6) is 0 Å². The highest BCUT2D eigenvalue weighted by Crippen LogP contribution is 2.29. The largest absolute Gasteiger partial charge is 0.352 e. The summed E-state index contributed by atoms with van der Waals surface area (Å²) >= 11 is 5.12. The van der Waals surface area contributed by atoms with E-state index in [0.717, 1.165) is 51.1 Å². The van der Waals surface area contributed by atoms with Crippen LogP contribution >= 0.6 is 27.3 Å². The van der Waals surface area contributed by atoms with Crippen LogP contribution in [0.3, 0.4) is 0 Å². The molecule has 0 bridgehead atoms. The van der Waals surface area contributed by atoms with E-state index in [-0.39, 0.29) is 11.8 Å². The van der Waals surface area contributed by atoms with E-state index in [4.69, 9.17) is 0 Å². The number of nitrogens with one attached hydrogen (secondary N) is 1. The summed E-state index contributed by atoms with van der Waals surface area (Å²) in [5.74, 6) is 0.0703. The smallest absolute Gasteiger partial charge is 0.225 e. The molecule has 2 aromatic heterocycles. The molecule has 1 N–H and O–H groups in total. The maximum atomic E-state index is 12.8. The molecule has 1 saturated heterocycles. The van der Waals surface area contributed by atoms with Gasteiger partial charge in [-0.15, -0.1) is 10.2 Å². The zero-order chi connectivity index (χ0) is 20.4. The van der Waals surface area contributed by atoms with Crippen LogP contribution in [0.1, 0.15) is 29.8 Å². The average Bonchev–Trinajstić information content (AvgIpc) is 3.33. The highest BCUT2D eigenvalue weighted by Gasteiger charge is 2.28. The van der Waals surface area contributed by atoms with Crippen molar-refractivity contribution in [1.82, 2.24) is 20.1 Å². The van der Waals surface area contributed by atoms with Crippen LogP contribution in [0, 0.1) is 19.8 Å². The molecule has 0 unspecified atom stereocenters. The van der Waals surface area contributed by atoms with Gasteiger partial charge in [0, 0.05) is 35.5 Å². The monoisotopic (exact) mass is 473 g/mol. The van der Waals surface area contributed by atoms with E-state index >= 15 is 0 Å². The molecule has 152 valence electrons. The van der Waals surface area contributed by atoms with Gasteiger partial charge in [0.25, 0.3) is 0 Å². The SMILES string of the molecule is Cc1ccc(C)n1-c1nnc(N2CCC[C@@H](C(=O)NCc3ccccc3Br)C2)s1. The minimum Gasteiger partial charge on any atom is -0.352 e. The van der Waals surface area contributed by atoms with Crippen molar-refractivity contribution in [2.75, 3.05) is 18.0 Å². The first-order valence-corrected chi connectivity index (χ1v) is 11.4. The molecule has 3 aromatic rings. The second kappa shape index (κ2) is 8.67. The minimum absolute atomic E-state index is 0.0337. The number of benzene rings is 1. The molecule has 6 nitrogen and oxygen atoms in total. The first-order valence-electron chi connectivity index (χ1n) is 9.78. The second-order valence-electron chi connectivity index (χ2n) is 7.41. The Hall–Kier alpha value is -2.19. The van der Waals surface area contributed by atoms with Crippen molar-refractivity contribution < 1.29 is 4.79 Å². The Bertz CT molecular complexity index is 995. The Labute approximate surface area is 183 Å². The summed E-state index contributed by atoms with van der Waals surface area (Å²) in [6, 6.07) is 12.1. The van der Waals surface area contributed by atoms with E-state index in [9.17, 15) is 4.79 Å². The van der Waals surface area contributed by atoms with Gasteiger partial charge < -0.3 is 10.2 Å². The van der Waals surface area contributed by atoms with Gasteiger partial charge in [-0.2, -0.15) is 0 Å². The number of hydrogen-bond acceptors (Lipinski definition) is 5. The van der Waals surface area contributed by atoms with Gasteiger partial charge in [-0.3, -0.25) is 9.36 Å². The first kappa shape index (κ1) is 20.1. The lowest BCUT2D eigenvalue weighted by Gasteiger charge is -2.31. The summed E-state index contributed by atoms with van der Waals surface area (Å²) in [5.41, 5.74) is 3.38. The third kappa shape index (κ3) is 4.38. The number of anilines is 1. The Morgan fingerprint density at radius 3 is 2.66 bits per heavy atom. The number of carbonyl (C=O) groups is 1. The fraction of sp³-hybridized carbons (Fsp3) is 0.381. The highest BCUT2D eigenvalue weighted by atomic mass is 79.9. The third-order valence-corrected chi connectivity index (χ3v) is 7.08. The Morgan fingerprint density at radius 1 is 1.17 bits per heavy atom. The predicted octanol–water partition coefficient (Wildman–Crippen LogP) is 4.24.